The number of benzene rings is 4. The van der Waals surface area contributed by atoms with Gasteiger partial charge in [0.25, 0.3) is 0 Å². The molecule has 0 spiro atoms. The lowest BCUT2D eigenvalue weighted by atomic mass is 9.84. The molecule has 0 atom stereocenters. The molecule has 4 aromatic rings. The SMILES string of the molecule is CC.c1ccc(C2CCCCC2)cc1.c1ccc(Cc2ccccc2)cc1.c1ccccc1. The second kappa shape index (κ2) is 17.4. The average molecular weight is 437 g/mol. The minimum absolute atomic E-state index is 0.861. The van der Waals surface area contributed by atoms with Crippen molar-refractivity contribution in [3.63, 3.8) is 0 Å². The second-order valence-electron chi connectivity index (χ2n) is 8.05. The van der Waals surface area contributed by atoms with Crippen molar-refractivity contribution in [1.29, 1.82) is 0 Å². The van der Waals surface area contributed by atoms with Gasteiger partial charge in [0.15, 0.2) is 0 Å². The van der Waals surface area contributed by atoms with Gasteiger partial charge in [-0.25, -0.2) is 0 Å². The molecule has 33 heavy (non-hydrogen) atoms. The highest BCUT2D eigenvalue weighted by molar-refractivity contribution is 5.25. The van der Waals surface area contributed by atoms with Crippen LogP contribution in [0.2, 0.25) is 0 Å². The fourth-order valence-electron chi connectivity index (χ4n) is 3.97. The van der Waals surface area contributed by atoms with Crippen molar-refractivity contribution in [1.82, 2.24) is 0 Å². The van der Waals surface area contributed by atoms with Crippen LogP contribution in [-0.4, -0.2) is 0 Å². The molecule has 0 heteroatoms. The molecular formula is C33H40. The van der Waals surface area contributed by atoms with E-state index in [-0.39, 0.29) is 0 Å². The highest BCUT2D eigenvalue weighted by atomic mass is 14.2. The summed E-state index contributed by atoms with van der Waals surface area (Å²) in [6.07, 6.45) is 8.15. The van der Waals surface area contributed by atoms with Crippen molar-refractivity contribution in [2.24, 2.45) is 0 Å². The van der Waals surface area contributed by atoms with E-state index in [4.69, 9.17) is 0 Å². The zero-order chi connectivity index (χ0) is 23.4. The summed E-state index contributed by atoms with van der Waals surface area (Å²) in [5.41, 5.74) is 4.29. The van der Waals surface area contributed by atoms with Gasteiger partial charge in [-0.05, 0) is 41.9 Å². The molecule has 4 aromatic carbocycles. The first-order valence-corrected chi connectivity index (χ1v) is 12.5. The Labute approximate surface area is 202 Å². The summed E-state index contributed by atoms with van der Waals surface area (Å²) in [4.78, 5) is 0. The molecule has 0 saturated heterocycles. The van der Waals surface area contributed by atoms with E-state index in [0.29, 0.717) is 0 Å². The van der Waals surface area contributed by atoms with Crippen LogP contribution in [0.15, 0.2) is 127 Å². The Balaban J connectivity index is 0.000000178. The van der Waals surface area contributed by atoms with Crippen LogP contribution in [0.5, 0.6) is 0 Å². The molecule has 0 aromatic heterocycles. The van der Waals surface area contributed by atoms with Crippen molar-refractivity contribution in [3.8, 4) is 0 Å². The zero-order valence-electron chi connectivity index (χ0n) is 20.4. The van der Waals surface area contributed by atoms with Crippen LogP contribution in [0, 0.1) is 0 Å². The highest BCUT2D eigenvalue weighted by Gasteiger charge is 2.14. The van der Waals surface area contributed by atoms with Crippen molar-refractivity contribution in [2.45, 2.75) is 58.3 Å². The van der Waals surface area contributed by atoms with Crippen LogP contribution in [-0.2, 0) is 6.42 Å². The first-order chi connectivity index (χ1) is 16.4. The van der Waals surface area contributed by atoms with Gasteiger partial charge in [-0.15, -0.1) is 0 Å². The molecule has 0 N–H and O–H groups in total. The molecule has 0 bridgehead atoms. The summed E-state index contributed by atoms with van der Waals surface area (Å²) < 4.78 is 0. The van der Waals surface area contributed by atoms with Crippen molar-refractivity contribution in [2.75, 3.05) is 0 Å². The molecule has 0 aliphatic heterocycles. The molecule has 0 heterocycles. The Morgan fingerprint density at radius 1 is 0.455 bits per heavy atom. The summed E-state index contributed by atoms with van der Waals surface area (Å²) in [5.74, 6) is 0.861. The van der Waals surface area contributed by atoms with E-state index < -0.39 is 0 Å². The van der Waals surface area contributed by atoms with Crippen LogP contribution in [0.4, 0.5) is 0 Å². The maximum absolute atomic E-state index is 2.27. The van der Waals surface area contributed by atoms with Gasteiger partial charge in [0, 0.05) is 0 Å². The van der Waals surface area contributed by atoms with E-state index in [2.05, 4.69) is 91.0 Å². The van der Waals surface area contributed by atoms with Gasteiger partial charge in [-0.1, -0.05) is 161 Å². The van der Waals surface area contributed by atoms with E-state index in [9.17, 15) is 0 Å². The Kier molecular flexibility index (Phi) is 13.8. The lowest BCUT2D eigenvalue weighted by Gasteiger charge is -2.21. The van der Waals surface area contributed by atoms with Gasteiger partial charge in [0.2, 0.25) is 0 Å². The molecule has 5 rings (SSSR count). The first kappa shape index (κ1) is 26.1. The number of hydrogen-bond acceptors (Lipinski definition) is 0. The molecule has 0 radical (unpaired) electrons. The Hall–Kier alpha value is -3.12. The second-order valence-corrected chi connectivity index (χ2v) is 8.05. The largest absolute Gasteiger partial charge is 0.0683 e. The van der Waals surface area contributed by atoms with E-state index in [1.165, 1.54) is 43.2 Å². The van der Waals surface area contributed by atoms with Crippen LogP contribution in [0.1, 0.15) is 68.6 Å². The quantitative estimate of drug-likeness (QED) is 0.300. The Morgan fingerprint density at radius 2 is 0.788 bits per heavy atom. The van der Waals surface area contributed by atoms with Gasteiger partial charge >= 0.3 is 0 Å². The third-order valence-corrected chi connectivity index (χ3v) is 5.64. The van der Waals surface area contributed by atoms with E-state index in [1.54, 1.807) is 5.56 Å². The average Bonchev–Trinajstić information content (AvgIpc) is 2.94. The van der Waals surface area contributed by atoms with Crippen LogP contribution >= 0.6 is 0 Å². The molecule has 172 valence electrons. The number of rotatable bonds is 3. The fraction of sp³-hybridized carbons (Fsp3) is 0.273. The zero-order valence-corrected chi connectivity index (χ0v) is 20.4. The molecule has 0 amide bonds. The molecule has 0 nitrogen and oxygen atoms in total. The smallest absolute Gasteiger partial charge is 0.00258 e. The van der Waals surface area contributed by atoms with E-state index >= 15 is 0 Å². The van der Waals surface area contributed by atoms with Gasteiger partial charge in [-0.2, -0.15) is 0 Å². The van der Waals surface area contributed by atoms with Crippen LogP contribution in [0.3, 0.4) is 0 Å². The number of hydrogen-bond donors (Lipinski definition) is 0. The van der Waals surface area contributed by atoms with Crippen LogP contribution in [0.25, 0.3) is 0 Å². The Bertz CT molecular complexity index is 844. The van der Waals surface area contributed by atoms with Crippen molar-refractivity contribution >= 4 is 0 Å². The minimum atomic E-state index is 0.861. The summed E-state index contributed by atoms with van der Waals surface area (Å²) in [6, 6.07) is 44.0. The van der Waals surface area contributed by atoms with Gasteiger partial charge in [-0.3, -0.25) is 0 Å². The molecule has 0 unspecified atom stereocenters. The molecule has 1 fully saturated rings. The third kappa shape index (κ3) is 11.3. The molecule has 1 aliphatic rings. The van der Waals surface area contributed by atoms with E-state index in [1.807, 2.05) is 50.2 Å². The van der Waals surface area contributed by atoms with Crippen LogP contribution < -0.4 is 0 Å². The van der Waals surface area contributed by atoms with E-state index in [0.717, 1.165) is 12.3 Å². The summed E-state index contributed by atoms with van der Waals surface area (Å²) in [5, 5.41) is 0. The highest BCUT2D eigenvalue weighted by Crippen LogP contribution is 2.32. The topological polar surface area (TPSA) is 0 Å². The Morgan fingerprint density at radius 3 is 1.18 bits per heavy atom. The maximum Gasteiger partial charge on any atom is -0.00258 e. The van der Waals surface area contributed by atoms with Gasteiger partial charge < -0.3 is 0 Å². The lowest BCUT2D eigenvalue weighted by molar-refractivity contribution is 0.443. The normalized spacial score (nSPS) is 12.5. The monoisotopic (exact) mass is 436 g/mol. The third-order valence-electron chi connectivity index (χ3n) is 5.64. The van der Waals surface area contributed by atoms with Gasteiger partial charge in [0.05, 0.1) is 0 Å². The lowest BCUT2D eigenvalue weighted by Crippen LogP contribution is -2.03. The first-order valence-electron chi connectivity index (χ1n) is 12.5. The molecular weight excluding hydrogens is 396 g/mol. The van der Waals surface area contributed by atoms with Gasteiger partial charge in [0.1, 0.15) is 0 Å². The maximum atomic E-state index is 2.27. The summed E-state index contributed by atoms with van der Waals surface area (Å²) in [6.45, 7) is 4.00. The summed E-state index contributed by atoms with van der Waals surface area (Å²) in [7, 11) is 0. The van der Waals surface area contributed by atoms with Crippen molar-refractivity contribution < 1.29 is 0 Å². The molecule has 1 saturated carbocycles. The molecule has 1 aliphatic carbocycles. The fourth-order valence-corrected chi connectivity index (χ4v) is 3.97. The minimum Gasteiger partial charge on any atom is -0.0683 e. The standard InChI is InChI=1S/C13H12.C12H16.C6H6.C2H6/c1-3-7-12(8-4-1)11-13-9-5-2-6-10-13;1-3-7-11(8-4-1)12-9-5-2-6-10-12;1-2-4-6-5-3-1;1-2/h1-10H,11H2;1,3-4,7-8,12H,2,5-6,9-10H2;1-6H;1-2H3. The predicted molar refractivity (Wildman–Crippen MR) is 146 cm³/mol. The van der Waals surface area contributed by atoms with Crippen molar-refractivity contribution in [3.05, 3.63) is 144 Å². The summed E-state index contributed by atoms with van der Waals surface area (Å²) >= 11 is 0. The predicted octanol–water partition coefficient (Wildman–Crippen LogP) is 9.72.